The average Bonchev–Trinajstić information content (AvgIpc) is 2.35. The van der Waals surface area contributed by atoms with Gasteiger partial charge in [0.2, 0.25) is 0 Å². The number of nitrogens with zero attached hydrogens (tertiary/aromatic N) is 4. The van der Waals surface area contributed by atoms with Gasteiger partial charge in [-0.25, -0.2) is 9.97 Å². The van der Waals surface area contributed by atoms with E-state index in [1.165, 1.54) is 19.2 Å². The number of nitriles is 1. The van der Waals surface area contributed by atoms with Crippen LogP contribution < -0.4 is 10.2 Å². The zero-order valence-electron chi connectivity index (χ0n) is 10.5. The summed E-state index contributed by atoms with van der Waals surface area (Å²) in [4.78, 5) is 10.1. The molecule has 0 spiro atoms. The summed E-state index contributed by atoms with van der Waals surface area (Å²) < 4.78 is 0. The summed E-state index contributed by atoms with van der Waals surface area (Å²) in [6, 6.07) is 3.95. The van der Waals surface area contributed by atoms with Crippen molar-refractivity contribution in [3.05, 3.63) is 12.4 Å². The van der Waals surface area contributed by atoms with Crippen molar-refractivity contribution in [2.45, 2.75) is 26.2 Å². The van der Waals surface area contributed by atoms with Crippen LogP contribution in [-0.4, -0.2) is 30.1 Å². The summed E-state index contributed by atoms with van der Waals surface area (Å²) in [5.74, 6) is 1.58. The van der Waals surface area contributed by atoms with Crippen molar-refractivity contribution >= 4 is 11.6 Å². The molecule has 0 radical (unpaired) electrons. The summed E-state index contributed by atoms with van der Waals surface area (Å²) >= 11 is 0. The number of nitrogens with one attached hydrogen (secondary N) is 1. The van der Waals surface area contributed by atoms with E-state index in [0.29, 0.717) is 6.54 Å². The molecular weight excluding hydrogens is 214 g/mol. The van der Waals surface area contributed by atoms with Gasteiger partial charge in [-0.15, -0.1) is 0 Å². The van der Waals surface area contributed by atoms with Crippen molar-refractivity contribution in [2.75, 3.05) is 30.4 Å². The summed E-state index contributed by atoms with van der Waals surface area (Å²) in [5.41, 5.74) is 0. The van der Waals surface area contributed by atoms with Crippen LogP contribution in [0.3, 0.4) is 0 Å². The van der Waals surface area contributed by atoms with E-state index in [9.17, 15) is 0 Å². The van der Waals surface area contributed by atoms with Gasteiger partial charge >= 0.3 is 0 Å². The second-order valence-corrected chi connectivity index (χ2v) is 3.91. The molecule has 0 unspecified atom stereocenters. The molecule has 1 heterocycles. The molecule has 0 aromatic carbocycles. The lowest BCUT2D eigenvalue weighted by Crippen LogP contribution is -2.18. The van der Waals surface area contributed by atoms with E-state index in [-0.39, 0.29) is 0 Å². The smallest absolute Gasteiger partial charge is 0.134 e. The largest absolute Gasteiger partial charge is 0.370 e. The van der Waals surface area contributed by atoms with Gasteiger partial charge in [0.05, 0.1) is 6.07 Å². The van der Waals surface area contributed by atoms with E-state index in [2.05, 4.69) is 28.3 Å². The minimum atomic E-state index is 0.326. The summed E-state index contributed by atoms with van der Waals surface area (Å²) in [7, 11) is 1.84. The molecule has 0 saturated carbocycles. The van der Waals surface area contributed by atoms with E-state index in [1.54, 1.807) is 4.90 Å². The molecule has 0 aliphatic heterocycles. The highest BCUT2D eigenvalue weighted by Gasteiger charge is 2.03. The van der Waals surface area contributed by atoms with Crippen molar-refractivity contribution in [1.82, 2.24) is 9.97 Å². The van der Waals surface area contributed by atoms with Gasteiger partial charge in [-0.1, -0.05) is 19.8 Å². The van der Waals surface area contributed by atoms with Gasteiger partial charge < -0.3 is 10.2 Å². The highest BCUT2D eigenvalue weighted by atomic mass is 15.2. The Morgan fingerprint density at radius 3 is 2.94 bits per heavy atom. The molecule has 17 heavy (non-hydrogen) atoms. The number of anilines is 2. The second-order valence-electron chi connectivity index (χ2n) is 3.91. The Morgan fingerprint density at radius 2 is 2.24 bits per heavy atom. The quantitative estimate of drug-likeness (QED) is 0.576. The lowest BCUT2D eigenvalue weighted by atomic mass is 10.2. The standard InChI is InChI=1S/C12H19N5/c1-3-4-5-7-14-11-9-12(16-10-15-11)17(2)8-6-13/h9-10H,3-5,7-8H2,1-2H3,(H,14,15,16). The molecular formula is C12H19N5. The van der Waals surface area contributed by atoms with Gasteiger partial charge in [-0.05, 0) is 6.42 Å². The lowest BCUT2D eigenvalue weighted by molar-refractivity contribution is 0.742. The fourth-order valence-electron chi connectivity index (χ4n) is 1.43. The van der Waals surface area contributed by atoms with Crippen LogP contribution >= 0.6 is 0 Å². The highest BCUT2D eigenvalue weighted by Crippen LogP contribution is 2.12. The predicted octanol–water partition coefficient (Wildman–Crippen LogP) is 2.04. The first-order valence-electron chi connectivity index (χ1n) is 5.92. The summed E-state index contributed by atoms with van der Waals surface area (Å²) in [6.07, 6.45) is 5.09. The minimum Gasteiger partial charge on any atom is -0.370 e. The predicted molar refractivity (Wildman–Crippen MR) is 68.9 cm³/mol. The third kappa shape index (κ3) is 4.68. The molecule has 1 rings (SSSR count). The first kappa shape index (κ1) is 13.2. The normalized spacial score (nSPS) is 9.71. The fourth-order valence-corrected chi connectivity index (χ4v) is 1.43. The Kier molecular flexibility index (Phi) is 5.80. The van der Waals surface area contributed by atoms with Gasteiger partial charge in [0.25, 0.3) is 0 Å². The summed E-state index contributed by atoms with van der Waals surface area (Å²) in [5, 5.41) is 11.9. The summed E-state index contributed by atoms with van der Waals surface area (Å²) in [6.45, 7) is 3.43. The van der Waals surface area contributed by atoms with Crippen LogP contribution in [0.15, 0.2) is 12.4 Å². The number of unbranched alkanes of at least 4 members (excludes halogenated alkanes) is 2. The fraction of sp³-hybridized carbons (Fsp3) is 0.583. The van der Waals surface area contributed by atoms with Crippen LogP contribution in [-0.2, 0) is 0 Å². The molecule has 0 fully saturated rings. The molecule has 0 saturated heterocycles. The van der Waals surface area contributed by atoms with Crippen molar-refractivity contribution in [2.24, 2.45) is 0 Å². The monoisotopic (exact) mass is 233 g/mol. The van der Waals surface area contributed by atoms with Gasteiger partial charge in [0, 0.05) is 19.7 Å². The number of hydrogen-bond donors (Lipinski definition) is 1. The van der Waals surface area contributed by atoms with E-state index in [4.69, 9.17) is 5.26 Å². The maximum Gasteiger partial charge on any atom is 0.134 e. The number of hydrogen-bond acceptors (Lipinski definition) is 5. The first-order chi connectivity index (χ1) is 8.27. The molecule has 5 heteroatoms. The first-order valence-corrected chi connectivity index (χ1v) is 5.92. The van der Waals surface area contributed by atoms with Gasteiger partial charge in [0.1, 0.15) is 24.5 Å². The Hall–Kier alpha value is -1.83. The zero-order valence-corrected chi connectivity index (χ0v) is 10.5. The van der Waals surface area contributed by atoms with Crippen LogP contribution in [0, 0.1) is 11.3 Å². The van der Waals surface area contributed by atoms with Crippen molar-refractivity contribution in [1.29, 1.82) is 5.26 Å². The van der Waals surface area contributed by atoms with Crippen molar-refractivity contribution < 1.29 is 0 Å². The van der Waals surface area contributed by atoms with Crippen LogP contribution in [0.2, 0.25) is 0 Å². The highest BCUT2D eigenvalue weighted by molar-refractivity contribution is 5.48. The number of aromatic nitrogens is 2. The Labute approximate surface area is 102 Å². The Balaban J connectivity index is 2.51. The molecule has 1 aromatic heterocycles. The maximum absolute atomic E-state index is 8.62. The third-order valence-corrected chi connectivity index (χ3v) is 2.44. The molecule has 1 aromatic rings. The third-order valence-electron chi connectivity index (χ3n) is 2.44. The van der Waals surface area contributed by atoms with Crippen LogP contribution in [0.5, 0.6) is 0 Å². The molecule has 0 atom stereocenters. The molecule has 0 aliphatic carbocycles. The molecule has 0 amide bonds. The lowest BCUT2D eigenvalue weighted by Gasteiger charge is -2.14. The molecule has 92 valence electrons. The van der Waals surface area contributed by atoms with E-state index < -0.39 is 0 Å². The molecule has 5 nitrogen and oxygen atoms in total. The van der Waals surface area contributed by atoms with Gasteiger partial charge in [-0.2, -0.15) is 5.26 Å². The molecule has 1 N–H and O–H groups in total. The van der Waals surface area contributed by atoms with E-state index >= 15 is 0 Å². The average molecular weight is 233 g/mol. The zero-order chi connectivity index (χ0) is 12.5. The van der Waals surface area contributed by atoms with E-state index in [1.807, 2.05) is 13.1 Å². The molecule has 0 bridgehead atoms. The number of rotatable bonds is 7. The second kappa shape index (κ2) is 7.44. The SMILES string of the molecule is CCCCCNc1cc(N(C)CC#N)ncn1. The topological polar surface area (TPSA) is 64.8 Å². The maximum atomic E-state index is 8.62. The van der Waals surface area contributed by atoms with E-state index in [0.717, 1.165) is 24.6 Å². The Morgan fingerprint density at radius 1 is 1.41 bits per heavy atom. The van der Waals surface area contributed by atoms with Crippen LogP contribution in [0.25, 0.3) is 0 Å². The van der Waals surface area contributed by atoms with Crippen molar-refractivity contribution in [3.63, 3.8) is 0 Å². The van der Waals surface area contributed by atoms with Crippen LogP contribution in [0.4, 0.5) is 11.6 Å². The van der Waals surface area contributed by atoms with Crippen LogP contribution in [0.1, 0.15) is 26.2 Å². The van der Waals surface area contributed by atoms with Crippen molar-refractivity contribution in [3.8, 4) is 6.07 Å². The van der Waals surface area contributed by atoms with Gasteiger partial charge in [-0.3, -0.25) is 0 Å². The van der Waals surface area contributed by atoms with Gasteiger partial charge in [0.15, 0.2) is 0 Å². The minimum absolute atomic E-state index is 0.326. The molecule has 0 aliphatic rings. The Bertz CT molecular complexity index is 371.